The molecule has 1 N–H and O–H groups in total. The molecule has 20 heavy (non-hydrogen) atoms. The molecule has 0 aliphatic carbocycles. The van der Waals surface area contributed by atoms with Crippen LogP contribution in [0.1, 0.15) is 13.3 Å². The molecule has 0 amide bonds. The second-order valence-corrected chi connectivity index (χ2v) is 4.83. The molecule has 0 bridgehead atoms. The molecule has 0 saturated carbocycles. The molecule has 0 aliphatic rings. The third kappa shape index (κ3) is 4.06. The van der Waals surface area contributed by atoms with Gasteiger partial charge in [0.1, 0.15) is 5.75 Å². The molecule has 0 unspecified atom stereocenters. The first-order valence-corrected chi connectivity index (χ1v) is 6.98. The van der Waals surface area contributed by atoms with Crippen LogP contribution in [0.15, 0.2) is 28.7 Å². The van der Waals surface area contributed by atoms with Crippen LogP contribution in [0.3, 0.4) is 0 Å². The van der Waals surface area contributed by atoms with Gasteiger partial charge in [-0.05, 0) is 30.7 Å². The number of benzene rings is 1. The van der Waals surface area contributed by atoms with E-state index in [4.69, 9.17) is 9.47 Å². The van der Waals surface area contributed by atoms with E-state index in [9.17, 15) is 0 Å². The minimum Gasteiger partial charge on any atom is -0.467 e. The number of hydrogen-bond donors (Lipinski definition) is 1. The van der Waals surface area contributed by atoms with Gasteiger partial charge in [0.2, 0.25) is 5.95 Å². The van der Waals surface area contributed by atoms with Crippen molar-refractivity contribution in [3.8, 4) is 17.8 Å². The van der Waals surface area contributed by atoms with Crippen LogP contribution in [-0.4, -0.2) is 28.6 Å². The molecule has 1 aromatic heterocycles. The van der Waals surface area contributed by atoms with Crippen molar-refractivity contribution >= 4 is 21.9 Å². The van der Waals surface area contributed by atoms with Crippen LogP contribution >= 0.6 is 15.9 Å². The molecule has 0 spiro atoms. The predicted octanol–water partition coefficient (Wildman–Crippen LogP) is 3.26. The highest BCUT2D eigenvalue weighted by Gasteiger charge is 2.08. The lowest BCUT2D eigenvalue weighted by molar-refractivity contribution is 0.360. The number of hydrogen-bond acceptors (Lipinski definition) is 6. The zero-order valence-electron chi connectivity index (χ0n) is 11.3. The standard InChI is InChI=1S/C13H15BrN4O2/c1-3-8-15-11-16-12(19-2)18-13(17-11)20-10-6-4-9(14)5-7-10/h4-7H,3,8H2,1-2H3,(H,15,16,17,18). The number of anilines is 1. The highest BCUT2D eigenvalue weighted by Crippen LogP contribution is 2.22. The van der Waals surface area contributed by atoms with Crippen LogP contribution in [-0.2, 0) is 0 Å². The average molecular weight is 339 g/mol. The fourth-order valence-corrected chi connectivity index (χ4v) is 1.66. The fourth-order valence-electron chi connectivity index (χ4n) is 1.40. The molecule has 0 aliphatic heterocycles. The van der Waals surface area contributed by atoms with Crippen molar-refractivity contribution in [2.24, 2.45) is 0 Å². The van der Waals surface area contributed by atoms with Gasteiger partial charge in [-0.1, -0.05) is 22.9 Å². The van der Waals surface area contributed by atoms with E-state index in [2.05, 4.69) is 43.1 Å². The van der Waals surface area contributed by atoms with Gasteiger partial charge in [-0.25, -0.2) is 0 Å². The average Bonchev–Trinajstić information content (AvgIpc) is 2.47. The van der Waals surface area contributed by atoms with Crippen molar-refractivity contribution in [2.45, 2.75) is 13.3 Å². The highest BCUT2D eigenvalue weighted by atomic mass is 79.9. The van der Waals surface area contributed by atoms with Gasteiger partial charge in [-0.3, -0.25) is 0 Å². The Labute approximate surface area is 125 Å². The van der Waals surface area contributed by atoms with E-state index in [0.29, 0.717) is 11.7 Å². The van der Waals surface area contributed by atoms with Gasteiger partial charge in [0.25, 0.3) is 0 Å². The lowest BCUT2D eigenvalue weighted by Gasteiger charge is -2.08. The number of methoxy groups -OCH3 is 1. The first kappa shape index (κ1) is 14.5. The maximum absolute atomic E-state index is 5.59. The van der Waals surface area contributed by atoms with Gasteiger partial charge in [-0.2, -0.15) is 9.97 Å². The first-order valence-electron chi connectivity index (χ1n) is 6.18. The van der Waals surface area contributed by atoms with Crippen molar-refractivity contribution in [2.75, 3.05) is 19.0 Å². The quantitative estimate of drug-likeness (QED) is 0.871. The van der Waals surface area contributed by atoms with Gasteiger partial charge < -0.3 is 14.8 Å². The van der Waals surface area contributed by atoms with Crippen molar-refractivity contribution < 1.29 is 9.47 Å². The molecule has 1 aromatic carbocycles. The summed E-state index contributed by atoms with van der Waals surface area (Å²) in [5, 5.41) is 3.07. The van der Waals surface area contributed by atoms with Gasteiger partial charge in [0.15, 0.2) is 0 Å². The van der Waals surface area contributed by atoms with Gasteiger partial charge in [-0.15, -0.1) is 4.98 Å². The Kier molecular flexibility index (Phi) is 5.11. The molecule has 106 valence electrons. The molecule has 6 nitrogen and oxygen atoms in total. The van der Waals surface area contributed by atoms with Crippen LogP contribution in [0, 0.1) is 0 Å². The third-order valence-corrected chi connectivity index (χ3v) is 2.86. The summed E-state index contributed by atoms with van der Waals surface area (Å²) >= 11 is 3.37. The number of aromatic nitrogens is 3. The van der Waals surface area contributed by atoms with Crippen LogP contribution in [0.5, 0.6) is 17.8 Å². The maximum Gasteiger partial charge on any atom is 0.330 e. The van der Waals surface area contributed by atoms with E-state index in [1.165, 1.54) is 7.11 Å². The zero-order chi connectivity index (χ0) is 14.4. The molecule has 0 fully saturated rings. The number of ether oxygens (including phenoxy) is 2. The Balaban J connectivity index is 2.19. The van der Waals surface area contributed by atoms with E-state index >= 15 is 0 Å². The zero-order valence-corrected chi connectivity index (χ0v) is 12.8. The third-order valence-electron chi connectivity index (χ3n) is 2.33. The van der Waals surface area contributed by atoms with Crippen molar-refractivity contribution in [1.82, 2.24) is 15.0 Å². The van der Waals surface area contributed by atoms with E-state index in [0.717, 1.165) is 17.4 Å². The molecule has 1 heterocycles. The number of halogens is 1. The molecule has 2 rings (SSSR count). The van der Waals surface area contributed by atoms with E-state index < -0.39 is 0 Å². The minimum atomic E-state index is 0.192. The largest absolute Gasteiger partial charge is 0.467 e. The second-order valence-electron chi connectivity index (χ2n) is 3.91. The molecule has 0 atom stereocenters. The van der Waals surface area contributed by atoms with E-state index in [1.807, 2.05) is 24.3 Å². The van der Waals surface area contributed by atoms with Crippen LogP contribution in [0.4, 0.5) is 5.95 Å². The van der Waals surface area contributed by atoms with Crippen molar-refractivity contribution in [3.63, 3.8) is 0 Å². The summed E-state index contributed by atoms with van der Waals surface area (Å²) in [7, 11) is 1.50. The maximum atomic E-state index is 5.59. The van der Waals surface area contributed by atoms with Gasteiger partial charge >= 0.3 is 12.0 Å². The number of rotatable bonds is 6. The van der Waals surface area contributed by atoms with Crippen molar-refractivity contribution in [1.29, 1.82) is 0 Å². The normalized spacial score (nSPS) is 10.2. The first-order chi connectivity index (χ1) is 9.71. The second kappa shape index (κ2) is 7.04. The van der Waals surface area contributed by atoms with Gasteiger partial charge in [0.05, 0.1) is 7.11 Å². The van der Waals surface area contributed by atoms with Crippen LogP contribution < -0.4 is 14.8 Å². The fraction of sp³-hybridized carbons (Fsp3) is 0.308. The summed E-state index contributed by atoms with van der Waals surface area (Å²) in [6, 6.07) is 7.80. The monoisotopic (exact) mass is 338 g/mol. The lowest BCUT2D eigenvalue weighted by Crippen LogP contribution is -2.07. The topological polar surface area (TPSA) is 69.2 Å². The Morgan fingerprint density at radius 2 is 1.80 bits per heavy atom. The molecule has 7 heteroatoms. The molecular weight excluding hydrogens is 324 g/mol. The Morgan fingerprint density at radius 1 is 1.10 bits per heavy atom. The minimum absolute atomic E-state index is 0.192. The Morgan fingerprint density at radius 3 is 2.45 bits per heavy atom. The van der Waals surface area contributed by atoms with Crippen LogP contribution in [0.25, 0.3) is 0 Å². The SMILES string of the molecule is CCCNc1nc(OC)nc(Oc2ccc(Br)cc2)n1. The summed E-state index contributed by atoms with van der Waals surface area (Å²) < 4.78 is 11.6. The molecule has 2 aromatic rings. The van der Waals surface area contributed by atoms with E-state index in [-0.39, 0.29) is 12.0 Å². The lowest BCUT2D eigenvalue weighted by atomic mass is 10.3. The smallest absolute Gasteiger partial charge is 0.330 e. The summed E-state index contributed by atoms with van der Waals surface area (Å²) in [6.07, 6.45) is 0.969. The number of nitrogens with zero attached hydrogens (tertiary/aromatic N) is 3. The van der Waals surface area contributed by atoms with E-state index in [1.54, 1.807) is 0 Å². The van der Waals surface area contributed by atoms with Crippen molar-refractivity contribution in [3.05, 3.63) is 28.7 Å². The molecule has 0 radical (unpaired) electrons. The summed E-state index contributed by atoms with van der Waals surface area (Å²) in [5.74, 6) is 1.08. The van der Waals surface area contributed by atoms with Gasteiger partial charge in [0, 0.05) is 11.0 Å². The highest BCUT2D eigenvalue weighted by molar-refractivity contribution is 9.10. The molecule has 0 saturated heterocycles. The summed E-state index contributed by atoms with van der Waals surface area (Å²) in [4.78, 5) is 12.4. The summed E-state index contributed by atoms with van der Waals surface area (Å²) in [5.41, 5.74) is 0. The molecular formula is C13H15BrN4O2. The number of nitrogens with one attached hydrogen (secondary N) is 1. The Bertz CT molecular complexity index is 563. The predicted molar refractivity (Wildman–Crippen MR) is 79.4 cm³/mol. The summed E-state index contributed by atoms with van der Waals surface area (Å²) in [6.45, 7) is 2.83. The van der Waals surface area contributed by atoms with Crippen LogP contribution in [0.2, 0.25) is 0 Å². The Hall–Kier alpha value is -1.89.